The lowest BCUT2D eigenvalue weighted by molar-refractivity contribution is -0.120. The predicted molar refractivity (Wildman–Crippen MR) is 132 cm³/mol. The normalized spacial score (nSPS) is 16.0. The number of benzene rings is 2. The lowest BCUT2D eigenvalue weighted by Gasteiger charge is -2.32. The number of carbonyl (C=O) groups excluding carboxylic acids is 1. The second kappa shape index (κ2) is 10.3. The Balaban J connectivity index is 1.66. The molecule has 9 heteroatoms. The Morgan fingerprint density at radius 1 is 1.16 bits per heavy atom. The molecule has 1 unspecified atom stereocenters. The number of hydrogen-bond acceptors (Lipinski definition) is 4. The highest BCUT2D eigenvalue weighted by Crippen LogP contribution is 2.30. The highest BCUT2D eigenvalue weighted by Gasteiger charge is 2.24. The summed E-state index contributed by atoms with van der Waals surface area (Å²) in [5.41, 5.74) is 2.34. The van der Waals surface area contributed by atoms with E-state index in [4.69, 9.17) is 23.2 Å². The topological polar surface area (TPSA) is 69.7 Å². The minimum absolute atomic E-state index is 0.159. The Kier molecular flexibility index (Phi) is 7.96. The molecule has 0 aliphatic carbocycles. The molecule has 1 aliphatic rings. The van der Waals surface area contributed by atoms with Crippen LogP contribution in [-0.4, -0.2) is 40.2 Å². The van der Waals surface area contributed by atoms with Crippen LogP contribution < -0.4 is 14.5 Å². The van der Waals surface area contributed by atoms with E-state index < -0.39 is 15.9 Å². The molecule has 1 saturated heterocycles. The molecule has 1 fully saturated rings. The molecule has 2 aromatic rings. The van der Waals surface area contributed by atoms with Crippen molar-refractivity contribution in [2.24, 2.45) is 5.92 Å². The minimum Gasteiger partial charge on any atom is -0.372 e. The first kappa shape index (κ1) is 24.7. The molecule has 0 bridgehead atoms. The van der Waals surface area contributed by atoms with Crippen molar-refractivity contribution in [2.75, 3.05) is 35.1 Å². The summed E-state index contributed by atoms with van der Waals surface area (Å²) >= 11 is 12.1. The number of sulfonamides is 1. The first-order valence-electron chi connectivity index (χ1n) is 10.6. The second-order valence-electron chi connectivity index (χ2n) is 8.42. The molecule has 6 nitrogen and oxygen atoms in total. The molecule has 1 heterocycles. The van der Waals surface area contributed by atoms with Gasteiger partial charge in [0.2, 0.25) is 15.9 Å². The van der Waals surface area contributed by atoms with Crippen LogP contribution in [0.5, 0.6) is 0 Å². The van der Waals surface area contributed by atoms with Gasteiger partial charge in [-0.15, -0.1) is 0 Å². The minimum atomic E-state index is -3.73. The Bertz CT molecular complexity index is 1050. The zero-order valence-corrected chi connectivity index (χ0v) is 20.8. The Morgan fingerprint density at radius 3 is 2.34 bits per heavy atom. The van der Waals surface area contributed by atoms with E-state index in [0.29, 0.717) is 5.02 Å². The number of carbonyl (C=O) groups is 1. The largest absolute Gasteiger partial charge is 0.372 e. The van der Waals surface area contributed by atoms with Gasteiger partial charge in [-0.05, 0) is 61.6 Å². The van der Waals surface area contributed by atoms with Crippen LogP contribution in [0.4, 0.5) is 11.4 Å². The van der Waals surface area contributed by atoms with Crippen LogP contribution in [0.1, 0.15) is 38.3 Å². The Hall–Kier alpha value is -1.96. The van der Waals surface area contributed by atoms with Gasteiger partial charge in [0.1, 0.15) is 6.54 Å². The quantitative estimate of drug-likeness (QED) is 0.591. The molecule has 174 valence electrons. The maximum Gasteiger partial charge on any atom is 0.241 e. The standard InChI is InChI=1S/C23H29Cl2N3O3S/c1-16-10-12-27(13-11-16)20-7-4-18(5-8-20)17(2)26-23(29)15-28(32(3,30)31)22-9-6-19(24)14-21(22)25/h4-9,14,16-17H,10-13,15H2,1-3H3,(H,26,29). The third kappa shape index (κ3) is 6.30. The fourth-order valence-corrected chi connectivity index (χ4v) is 5.23. The molecular formula is C23H29Cl2N3O3S. The molecule has 0 aromatic heterocycles. The van der Waals surface area contributed by atoms with E-state index in [-0.39, 0.29) is 23.3 Å². The van der Waals surface area contributed by atoms with Gasteiger partial charge < -0.3 is 10.2 Å². The number of hydrogen-bond donors (Lipinski definition) is 1. The lowest BCUT2D eigenvalue weighted by Crippen LogP contribution is -2.41. The smallest absolute Gasteiger partial charge is 0.241 e. The summed E-state index contributed by atoms with van der Waals surface area (Å²) in [7, 11) is -3.73. The summed E-state index contributed by atoms with van der Waals surface area (Å²) in [4.78, 5) is 15.1. The Morgan fingerprint density at radius 2 is 1.78 bits per heavy atom. The molecule has 1 aliphatic heterocycles. The van der Waals surface area contributed by atoms with E-state index >= 15 is 0 Å². The third-order valence-electron chi connectivity index (χ3n) is 5.79. The van der Waals surface area contributed by atoms with Crippen molar-refractivity contribution in [1.82, 2.24) is 5.32 Å². The van der Waals surface area contributed by atoms with Crippen molar-refractivity contribution < 1.29 is 13.2 Å². The first-order valence-corrected chi connectivity index (χ1v) is 13.2. The second-order valence-corrected chi connectivity index (χ2v) is 11.2. The van der Waals surface area contributed by atoms with Gasteiger partial charge in [-0.2, -0.15) is 0 Å². The highest BCUT2D eigenvalue weighted by atomic mass is 35.5. The van der Waals surface area contributed by atoms with E-state index in [1.165, 1.54) is 36.7 Å². The van der Waals surface area contributed by atoms with Crippen molar-refractivity contribution in [2.45, 2.75) is 32.7 Å². The summed E-state index contributed by atoms with van der Waals surface area (Å²) in [5.74, 6) is 0.345. The van der Waals surface area contributed by atoms with Gasteiger partial charge in [0.15, 0.2) is 0 Å². The van der Waals surface area contributed by atoms with Crippen molar-refractivity contribution in [3.05, 3.63) is 58.1 Å². The van der Waals surface area contributed by atoms with Crippen LogP contribution >= 0.6 is 23.2 Å². The zero-order valence-electron chi connectivity index (χ0n) is 18.5. The molecule has 0 radical (unpaired) electrons. The summed E-state index contributed by atoms with van der Waals surface area (Å²) < 4.78 is 25.6. The lowest BCUT2D eigenvalue weighted by atomic mass is 9.98. The van der Waals surface area contributed by atoms with E-state index in [0.717, 1.165) is 35.1 Å². The van der Waals surface area contributed by atoms with Crippen LogP contribution in [0.2, 0.25) is 10.0 Å². The monoisotopic (exact) mass is 497 g/mol. The average Bonchev–Trinajstić information content (AvgIpc) is 2.72. The van der Waals surface area contributed by atoms with Crippen molar-refractivity contribution in [1.29, 1.82) is 0 Å². The molecule has 2 aromatic carbocycles. The third-order valence-corrected chi connectivity index (χ3v) is 7.45. The van der Waals surface area contributed by atoms with Gasteiger partial charge in [-0.3, -0.25) is 9.10 Å². The molecule has 1 atom stereocenters. The van der Waals surface area contributed by atoms with E-state index in [1.807, 2.05) is 19.1 Å². The number of halogens is 2. The highest BCUT2D eigenvalue weighted by molar-refractivity contribution is 7.92. The number of nitrogens with one attached hydrogen (secondary N) is 1. The average molecular weight is 498 g/mol. The molecule has 1 N–H and O–H groups in total. The molecule has 32 heavy (non-hydrogen) atoms. The molecule has 3 rings (SSSR count). The number of amides is 1. The van der Waals surface area contributed by atoms with E-state index in [9.17, 15) is 13.2 Å². The van der Waals surface area contributed by atoms with Crippen LogP contribution in [0.25, 0.3) is 0 Å². The maximum atomic E-state index is 12.7. The first-order chi connectivity index (χ1) is 15.0. The van der Waals surface area contributed by atoms with Gasteiger partial charge in [-0.25, -0.2) is 8.42 Å². The predicted octanol–water partition coefficient (Wildman–Crippen LogP) is 4.87. The number of piperidine rings is 1. The molecule has 0 saturated carbocycles. The van der Waals surface area contributed by atoms with Gasteiger partial charge in [0.05, 0.1) is 23.0 Å². The molecular weight excluding hydrogens is 469 g/mol. The SMILES string of the molecule is CC1CCN(c2ccc(C(C)NC(=O)CN(c3ccc(Cl)cc3Cl)S(C)(=O)=O)cc2)CC1. The summed E-state index contributed by atoms with van der Waals surface area (Å²) in [6.45, 7) is 5.89. The van der Waals surface area contributed by atoms with Crippen molar-refractivity contribution in [3.8, 4) is 0 Å². The maximum absolute atomic E-state index is 12.7. The van der Waals surface area contributed by atoms with Gasteiger partial charge in [0, 0.05) is 23.8 Å². The number of nitrogens with zero attached hydrogens (tertiary/aromatic N) is 2. The molecule has 0 spiro atoms. The van der Waals surface area contributed by atoms with Gasteiger partial charge >= 0.3 is 0 Å². The fraction of sp³-hybridized carbons (Fsp3) is 0.435. The van der Waals surface area contributed by atoms with Gasteiger partial charge in [0.25, 0.3) is 0 Å². The fourth-order valence-electron chi connectivity index (χ4n) is 3.81. The van der Waals surface area contributed by atoms with Crippen molar-refractivity contribution in [3.63, 3.8) is 0 Å². The zero-order chi connectivity index (χ0) is 23.5. The summed E-state index contributed by atoms with van der Waals surface area (Å²) in [6, 6.07) is 12.3. The van der Waals surface area contributed by atoms with Crippen LogP contribution in [0.3, 0.4) is 0 Å². The van der Waals surface area contributed by atoms with E-state index in [2.05, 4.69) is 29.3 Å². The van der Waals surface area contributed by atoms with Crippen LogP contribution in [-0.2, 0) is 14.8 Å². The van der Waals surface area contributed by atoms with E-state index in [1.54, 1.807) is 0 Å². The summed E-state index contributed by atoms with van der Waals surface area (Å²) in [5, 5.41) is 3.42. The van der Waals surface area contributed by atoms with Gasteiger partial charge in [-0.1, -0.05) is 42.3 Å². The number of anilines is 2. The summed E-state index contributed by atoms with van der Waals surface area (Å²) in [6.07, 6.45) is 3.43. The number of rotatable bonds is 7. The molecule has 1 amide bonds. The Labute approximate surface area is 200 Å². The van der Waals surface area contributed by atoms with Crippen LogP contribution in [0, 0.1) is 5.92 Å². The van der Waals surface area contributed by atoms with Crippen LogP contribution in [0.15, 0.2) is 42.5 Å². The van der Waals surface area contributed by atoms with Crippen molar-refractivity contribution >= 4 is 50.5 Å².